The van der Waals surface area contributed by atoms with Gasteiger partial charge in [-0.15, -0.1) is 0 Å². The van der Waals surface area contributed by atoms with Crippen LogP contribution in [-0.4, -0.2) is 85.0 Å². The zero-order chi connectivity index (χ0) is 44.5. The lowest BCUT2D eigenvalue weighted by atomic mass is 9.94. The fourth-order valence-corrected chi connectivity index (χ4v) is 13.8. The molecule has 2 heterocycles. The second-order valence-corrected chi connectivity index (χ2v) is 22.7. The quantitative estimate of drug-likeness (QED) is 0.0957. The Morgan fingerprint density at radius 1 is 0.855 bits per heavy atom. The topological polar surface area (TPSA) is 143 Å². The van der Waals surface area contributed by atoms with E-state index in [9.17, 15) is 24.0 Å². The van der Waals surface area contributed by atoms with Crippen LogP contribution >= 0.6 is 0 Å². The van der Waals surface area contributed by atoms with Crippen molar-refractivity contribution in [3.05, 3.63) is 103 Å². The molecule has 0 aromatic heterocycles. The van der Waals surface area contributed by atoms with Gasteiger partial charge in [-0.1, -0.05) is 107 Å². The minimum Gasteiger partial charge on any atom is -0.490 e. The second-order valence-electron chi connectivity index (χ2n) is 18.5. The lowest BCUT2D eigenvalue weighted by Gasteiger charge is -2.44. The number of nitrogens with zero attached hydrogens (tertiary/aromatic N) is 1. The third kappa shape index (κ3) is 10.7. The number of unbranched alkanes of at least 4 members (excludes halogenated alkanes) is 1. The van der Waals surface area contributed by atoms with Crippen LogP contribution in [-0.2, 0) is 34.8 Å². The molecule has 3 N–H and O–H groups in total. The van der Waals surface area contributed by atoms with E-state index in [1.165, 1.54) is 12.8 Å². The molecule has 12 heteroatoms. The Morgan fingerprint density at radius 2 is 1.48 bits per heavy atom. The summed E-state index contributed by atoms with van der Waals surface area (Å²) >= 11 is 0. The van der Waals surface area contributed by atoms with E-state index in [0.29, 0.717) is 32.2 Å². The van der Waals surface area contributed by atoms with Gasteiger partial charge in [-0.05, 0) is 117 Å². The van der Waals surface area contributed by atoms with Gasteiger partial charge in [0.25, 0.3) is 8.32 Å². The van der Waals surface area contributed by atoms with Crippen molar-refractivity contribution in [2.45, 2.75) is 153 Å². The Kier molecular flexibility index (Phi) is 15.3. The third-order valence-electron chi connectivity index (χ3n) is 13.0. The molecule has 3 fully saturated rings. The van der Waals surface area contributed by atoms with Gasteiger partial charge in [0.15, 0.2) is 5.78 Å². The number of rotatable bonds is 15. The smallest absolute Gasteiger partial charge is 0.262 e. The van der Waals surface area contributed by atoms with Gasteiger partial charge in [0.1, 0.15) is 35.5 Å². The maximum Gasteiger partial charge on any atom is 0.262 e. The number of amides is 4. The van der Waals surface area contributed by atoms with Crippen LogP contribution in [0, 0.1) is 0 Å². The molecule has 5 atom stereocenters. The van der Waals surface area contributed by atoms with Crippen molar-refractivity contribution in [3.8, 4) is 5.75 Å². The lowest BCUT2D eigenvalue weighted by Crippen LogP contribution is -2.68. The predicted molar refractivity (Wildman–Crippen MR) is 245 cm³/mol. The van der Waals surface area contributed by atoms with E-state index in [1.54, 1.807) is 37.8 Å². The van der Waals surface area contributed by atoms with E-state index < -0.39 is 55.8 Å². The van der Waals surface area contributed by atoms with Crippen LogP contribution in [0.1, 0.15) is 111 Å². The minimum atomic E-state index is -2.95. The van der Waals surface area contributed by atoms with Crippen molar-refractivity contribution in [1.29, 1.82) is 0 Å². The van der Waals surface area contributed by atoms with Gasteiger partial charge in [0.2, 0.25) is 23.6 Å². The average molecular weight is 863 g/mol. The highest BCUT2D eigenvalue weighted by atomic mass is 28.4. The van der Waals surface area contributed by atoms with Crippen LogP contribution in [0.5, 0.6) is 5.75 Å². The van der Waals surface area contributed by atoms with Gasteiger partial charge in [-0.2, -0.15) is 0 Å². The summed E-state index contributed by atoms with van der Waals surface area (Å²) in [7, 11) is -2.95. The van der Waals surface area contributed by atoms with E-state index >= 15 is 0 Å². The average Bonchev–Trinajstić information content (AvgIpc) is 3.98. The molecule has 1 aliphatic carbocycles. The van der Waals surface area contributed by atoms with Gasteiger partial charge in [0, 0.05) is 13.0 Å². The number of ketones is 1. The second kappa shape index (κ2) is 20.4. The predicted octanol–water partition coefficient (Wildman–Crippen LogP) is 6.07. The number of hydrogen-bond acceptors (Lipinski definition) is 7. The molecule has 2 saturated heterocycles. The molecule has 3 aromatic rings. The van der Waals surface area contributed by atoms with Crippen LogP contribution in [0.25, 0.3) is 0 Å². The highest BCUT2D eigenvalue weighted by Gasteiger charge is 2.51. The monoisotopic (exact) mass is 862 g/mol. The number of nitrogens with one attached hydrogen (secondary N) is 3. The molecule has 3 aromatic carbocycles. The Bertz CT molecular complexity index is 2010. The van der Waals surface area contributed by atoms with Gasteiger partial charge in [-0.25, -0.2) is 0 Å². The molecule has 0 unspecified atom stereocenters. The largest absolute Gasteiger partial charge is 0.490 e. The molecule has 0 radical (unpaired) electrons. The summed E-state index contributed by atoms with van der Waals surface area (Å²) < 4.78 is 13.1. The van der Waals surface area contributed by atoms with Crippen molar-refractivity contribution in [1.82, 2.24) is 20.9 Å². The number of benzene rings is 3. The van der Waals surface area contributed by atoms with Gasteiger partial charge < -0.3 is 30.0 Å². The molecule has 4 amide bonds. The van der Waals surface area contributed by atoms with Crippen LogP contribution in [0.3, 0.4) is 0 Å². The molecule has 0 bridgehead atoms. The molecule has 332 valence electrons. The van der Waals surface area contributed by atoms with Gasteiger partial charge in [-0.3, -0.25) is 24.0 Å². The summed E-state index contributed by atoms with van der Waals surface area (Å²) in [6.45, 7) is 12.1. The number of allylic oxidation sites excluding steroid dienone is 1. The van der Waals surface area contributed by atoms with Crippen molar-refractivity contribution < 1.29 is 33.1 Å². The number of fused-ring (bicyclic) bond motifs is 1. The maximum absolute atomic E-state index is 14.3. The molecular weight excluding hydrogens is 797 g/mol. The van der Waals surface area contributed by atoms with Crippen molar-refractivity contribution in [2.75, 3.05) is 6.54 Å². The summed E-state index contributed by atoms with van der Waals surface area (Å²) in [5.41, 5.74) is -0.511. The summed E-state index contributed by atoms with van der Waals surface area (Å²) in [5.74, 6) is -1.05. The molecule has 6 rings (SSSR count). The molecule has 11 nitrogen and oxygen atoms in total. The van der Waals surface area contributed by atoms with Crippen molar-refractivity contribution in [2.24, 2.45) is 0 Å². The van der Waals surface area contributed by atoms with Crippen LogP contribution in [0.15, 0.2) is 97.1 Å². The molecule has 0 spiro atoms. The third-order valence-corrected chi connectivity index (χ3v) is 18.1. The first-order valence-electron chi connectivity index (χ1n) is 22.6. The number of carbonyl (C=O) groups is 5. The van der Waals surface area contributed by atoms with Gasteiger partial charge in [0.05, 0.1) is 6.10 Å². The number of ether oxygens (including phenoxy) is 1. The number of hydrogen-bond donors (Lipinski definition) is 3. The highest BCUT2D eigenvalue weighted by molar-refractivity contribution is 6.99. The Morgan fingerprint density at radius 3 is 2.08 bits per heavy atom. The standard InChI is InChI=1S/C50H66N4O7Si/c1-7-50(6)48(59)52-42(34-36-29-31-38(32-30-36)60-37-20-17-18-21-37)47(58)54-33-19-27-43(54)46(57)51-41(45(56)53-50)26-15-10-16-28-44(55)35(2)61-62(49(3,4)5,39-22-11-8-12-23-39)40-24-13-9-14-25-40/h8-9,11-14,16,22-25,28-32,35,37,41-43H,7,10,15,17-21,26-27,33-34H2,1-6H3,(H,51,57)(H,52,59)(H,53,56)/b28-16+/t35-,41-,42-,43+,50-/m0/s1. The zero-order valence-electron chi connectivity index (χ0n) is 37.4. The van der Waals surface area contributed by atoms with Crippen LogP contribution < -0.4 is 31.1 Å². The Labute approximate surface area is 368 Å². The van der Waals surface area contributed by atoms with E-state index in [0.717, 1.165) is 34.5 Å². The summed E-state index contributed by atoms with van der Waals surface area (Å²) in [4.78, 5) is 71.5. The van der Waals surface area contributed by atoms with E-state index in [4.69, 9.17) is 9.16 Å². The van der Waals surface area contributed by atoms with Crippen LogP contribution in [0.2, 0.25) is 5.04 Å². The Hall–Kier alpha value is -5.07. The maximum atomic E-state index is 14.3. The summed E-state index contributed by atoms with van der Waals surface area (Å²) in [6, 6.07) is 25.3. The molecular formula is C50H66N4O7Si. The lowest BCUT2D eigenvalue weighted by molar-refractivity contribution is -0.144. The highest BCUT2D eigenvalue weighted by Crippen LogP contribution is 2.37. The first kappa shape index (κ1) is 46.4. The number of carbonyl (C=O) groups excluding carboxylic acids is 5. The SMILES string of the molecule is CC[C@]1(C)NC(=O)[C@H](CCC/C=C/C(=O)[C@H](C)O[Si](c2ccccc2)(c2ccccc2)C(C)(C)C)NC(=O)[C@H]2CCCN2C(=O)[C@H](Cc2ccc(OC3CCCC3)cc2)NC1=O. The normalized spacial score (nSPS) is 23.5. The van der Waals surface area contributed by atoms with E-state index in [1.807, 2.05) is 60.7 Å². The van der Waals surface area contributed by atoms with E-state index in [2.05, 4.69) is 61.0 Å². The van der Waals surface area contributed by atoms with Crippen LogP contribution in [0.4, 0.5) is 0 Å². The van der Waals surface area contributed by atoms with E-state index in [-0.39, 0.29) is 42.1 Å². The van der Waals surface area contributed by atoms with Crippen molar-refractivity contribution in [3.63, 3.8) is 0 Å². The first-order valence-corrected chi connectivity index (χ1v) is 24.5. The Balaban J connectivity index is 1.12. The van der Waals surface area contributed by atoms with Crippen molar-refractivity contribution >= 4 is 48.1 Å². The summed E-state index contributed by atoms with van der Waals surface area (Å²) in [6.07, 6.45) is 10.0. The zero-order valence-corrected chi connectivity index (χ0v) is 38.4. The first-order chi connectivity index (χ1) is 29.6. The fraction of sp³-hybridized carbons (Fsp3) is 0.500. The minimum absolute atomic E-state index is 0.158. The molecule has 2 aliphatic heterocycles. The summed E-state index contributed by atoms with van der Waals surface area (Å²) in [5, 5.41) is 10.7. The molecule has 62 heavy (non-hydrogen) atoms. The van der Waals surface area contributed by atoms with Gasteiger partial charge >= 0.3 is 0 Å². The molecule has 3 aliphatic rings. The molecule has 1 saturated carbocycles. The fourth-order valence-electron chi connectivity index (χ4n) is 9.15.